The number of para-hydroxylation sites is 2. The molecule has 2 amide bonds. The van der Waals surface area contributed by atoms with Crippen molar-refractivity contribution in [2.45, 2.75) is 39.5 Å². The number of rotatable bonds is 8. The largest absolute Gasteiger partial charge is 0.495 e. The zero-order valence-electron chi connectivity index (χ0n) is 12.8. The second-order valence-corrected chi connectivity index (χ2v) is 4.82. The van der Waals surface area contributed by atoms with Crippen molar-refractivity contribution in [2.75, 3.05) is 25.5 Å². The fourth-order valence-corrected chi connectivity index (χ4v) is 1.96. The Hall–Kier alpha value is -1.71. The van der Waals surface area contributed by atoms with E-state index in [1.807, 2.05) is 29.2 Å². The number of carbonyl (C=O) groups is 1. The van der Waals surface area contributed by atoms with Crippen molar-refractivity contribution in [3.63, 3.8) is 0 Å². The van der Waals surface area contributed by atoms with Crippen LogP contribution in [0.15, 0.2) is 24.3 Å². The minimum Gasteiger partial charge on any atom is -0.495 e. The molecule has 0 heterocycles. The molecule has 0 aliphatic heterocycles. The van der Waals surface area contributed by atoms with E-state index in [0.29, 0.717) is 5.75 Å². The number of amides is 2. The van der Waals surface area contributed by atoms with Gasteiger partial charge < -0.3 is 15.0 Å². The van der Waals surface area contributed by atoms with Crippen molar-refractivity contribution in [1.29, 1.82) is 0 Å². The summed E-state index contributed by atoms with van der Waals surface area (Å²) in [5.41, 5.74) is 0.720. The average molecular weight is 278 g/mol. The van der Waals surface area contributed by atoms with Crippen LogP contribution in [0, 0.1) is 0 Å². The van der Waals surface area contributed by atoms with E-state index in [2.05, 4.69) is 19.2 Å². The van der Waals surface area contributed by atoms with Gasteiger partial charge >= 0.3 is 6.03 Å². The van der Waals surface area contributed by atoms with Crippen LogP contribution in [0.5, 0.6) is 5.75 Å². The zero-order valence-corrected chi connectivity index (χ0v) is 12.8. The Labute approximate surface area is 122 Å². The Kier molecular flexibility index (Phi) is 7.55. The third-order valence-electron chi connectivity index (χ3n) is 3.20. The van der Waals surface area contributed by atoms with E-state index in [9.17, 15) is 4.79 Å². The smallest absolute Gasteiger partial charge is 0.321 e. The monoisotopic (exact) mass is 278 g/mol. The minimum atomic E-state index is -0.0450. The number of hydrogen-bond donors (Lipinski definition) is 1. The Bertz CT molecular complexity index is 399. The topological polar surface area (TPSA) is 41.6 Å². The van der Waals surface area contributed by atoms with Gasteiger partial charge in [-0.15, -0.1) is 0 Å². The predicted octanol–water partition coefficient (Wildman–Crippen LogP) is 4.13. The molecule has 4 nitrogen and oxygen atoms in total. The van der Waals surface area contributed by atoms with E-state index < -0.39 is 0 Å². The first-order valence-electron chi connectivity index (χ1n) is 7.41. The maximum Gasteiger partial charge on any atom is 0.321 e. The molecular weight excluding hydrogens is 252 g/mol. The van der Waals surface area contributed by atoms with Gasteiger partial charge in [0.25, 0.3) is 0 Å². The number of nitrogens with one attached hydrogen (secondary N) is 1. The van der Waals surface area contributed by atoms with Crippen molar-refractivity contribution >= 4 is 11.7 Å². The maximum atomic E-state index is 12.4. The van der Waals surface area contributed by atoms with Crippen molar-refractivity contribution in [3.05, 3.63) is 24.3 Å². The van der Waals surface area contributed by atoms with E-state index in [4.69, 9.17) is 4.74 Å². The van der Waals surface area contributed by atoms with Crippen LogP contribution >= 0.6 is 0 Å². The molecule has 0 unspecified atom stereocenters. The van der Waals surface area contributed by atoms with E-state index in [1.165, 1.54) is 0 Å². The molecule has 0 atom stereocenters. The molecule has 0 saturated heterocycles. The van der Waals surface area contributed by atoms with Gasteiger partial charge in [-0.2, -0.15) is 0 Å². The number of unbranched alkanes of at least 4 members (excludes halogenated alkanes) is 2. The number of benzene rings is 1. The number of ether oxygens (including phenoxy) is 1. The lowest BCUT2D eigenvalue weighted by Gasteiger charge is -2.23. The number of nitrogens with zero attached hydrogens (tertiary/aromatic N) is 1. The molecule has 4 heteroatoms. The molecule has 0 radical (unpaired) electrons. The SMILES string of the molecule is CCCCN(CCCC)C(=O)Nc1ccccc1OC. The highest BCUT2D eigenvalue weighted by atomic mass is 16.5. The summed E-state index contributed by atoms with van der Waals surface area (Å²) >= 11 is 0. The first-order valence-corrected chi connectivity index (χ1v) is 7.41. The molecule has 0 fully saturated rings. The lowest BCUT2D eigenvalue weighted by atomic mass is 10.2. The number of hydrogen-bond acceptors (Lipinski definition) is 2. The van der Waals surface area contributed by atoms with Gasteiger partial charge in [0.15, 0.2) is 0 Å². The summed E-state index contributed by atoms with van der Waals surface area (Å²) in [5, 5.41) is 2.94. The summed E-state index contributed by atoms with van der Waals surface area (Å²) in [5.74, 6) is 0.687. The van der Waals surface area contributed by atoms with Gasteiger partial charge in [0.1, 0.15) is 5.75 Å². The van der Waals surface area contributed by atoms with Gasteiger partial charge in [-0.25, -0.2) is 4.79 Å². The molecule has 112 valence electrons. The highest BCUT2D eigenvalue weighted by Crippen LogP contribution is 2.23. The molecular formula is C16H26N2O2. The van der Waals surface area contributed by atoms with Crippen LogP contribution in [0.1, 0.15) is 39.5 Å². The summed E-state index contributed by atoms with van der Waals surface area (Å²) < 4.78 is 5.25. The minimum absolute atomic E-state index is 0.0450. The van der Waals surface area contributed by atoms with Gasteiger partial charge in [0, 0.05) is 13.1 Å². The zero-order chi connectivity index (χ0) is 14.8. The average Bonchev–Trinajstić information content (AvgIpc) is 2.47. The lowest BCUT2D eigenvalue weighted by molar-refractivity contribution is 0.209. The highest BCUT2D eigenvalue weighted by Gasteiger charge is 2.14. The summed E-state index contributed by atoms with van der Waals surface area (Å²) in [6.07, 6.45) is 4.24. The second-order valence-electron chi connectivity index (χ2n) is 4.82. The van der Waals surface area contributed by atoms with Crippen molar-refractivity contribution in [2.24, 2.45) is 0 Å². The fourth-order valence-electron chi connectivity index (χ4n) is 1.96. The number of methoxy groups -OCH3 is 1. The Morgan fingerprint density at radius 2 is 1.75 bits per heavy atom. The van der Waals surface area contributed by atoms with E-state index >= 15 is 0 Å². The molecule has 1 rings (SSSR count). The van der Waals surface area contributed by atoms with Gasteiger partial charge in [-0.05, 0) is 25.0 Å². The van der Waals surface area contributed by atoms with E-state index in [0.717, 1.165) is 44.5 Å². The van der Waals surface area contributed by atoms with Crippen molar-refractivity contribution < 1.29 is 9.53 Å². The van der Waals surface area contributed by atoms with Gasteiger partial charge in [0.2, 0.25) is 0 Å². The van der Waals surface area contributed by atoms with Crippen LogP contribution < -0.4 is 10.1 Å². The molecule has 0 aliphatic carbocycles. The molecule has 1 aromatic carbocycles. The number of urea groups is 1. The van der Waals surface area contributed by atoms with Crippen molar-refractivity contribution in [1.82, 2.24) is 4.90 Å². The summed E-state index contributed by atoms with van der Waals surface area (Å²) in [7, 11) is 1.61. The van der Waals surface area contributed by atoms with Gasteiger partial charge in [-0.3, -0.25) is 0 Å². The molecule has 0 saturated carbocycles. The van der Waals surface area contributed by atoms with Crippen LogP contribution in [0.25, 0.3) is 0 Å². The Morgan fingerprint density at radius 1 is 1.15 bits per heavy atom. The molecule has 0 bridgehead atoms. The molecule has 0 aromatic heterocycles. The lowest BCUT2D eigenvalue weighted by Crippen LogP contribution is -2.36. The molecule has 0 spiro atoms. The van der Waals surface area contributed by atoms with Crippen LogP contribution in [0.4, 0.5) is 10.5 Å². The first kappa shape index (κ1) is 16.3. The molecule has 0 aliphatic rings. The van der Waals surface area contributed by atoms with E-state index in [-0.39, 0.29) is 6.03 Å². The van der Waals surface area contributed by atoms with E-state index in [1.54, 1.807) is 7.11 Å². The Balaban J connectivity index is 2.68. The number of anilines is 1. The summed E-state index contributed by atoms with van der Waals surface area (Å²) in [6.45, 7) is 5.88. The third-order valence-corrected chi connectivity index (χ3v) is 3.20. The quantitative estimate of drug-likeness (QED) is 0.777. The van der Waals surface area contributed by atoms with Gasteiger partial charge in [0.05, 0.1) is 12.8 Å². The highest BCUT2D eigenvalue weighted by molar-refractivity contribution is 5.90. The van der Waals surface area contributed by atoms with Crippen molar-refractivity contribution in [3.8, 4) is 5.75 Å². The summed E-state index contributed by atoms with van der Waals surface area (Å²) in [6, 6.07) is 7.43. The normalized spacial score (nSPS) is 10.2. The maximum absolute atomic E-state index is 12.4. The van der Waals surface area contributed by atoms with Crippen LogP contribution in [0.2, 0.25) is 0 Å². The first-order chi connectivity index (χ1) is 9.72. The Morgan fingerprint density at radius 3 is 2.30 bits per heavy atom. The van der Waals surface area contributed by atoms with Gasteiger partial charge in [-0.1, -0.05) is 38.8 Å². The fraction of sp³-hybridized carbons (Fsp3) is 0.562. The number of carbonyl (C=O) groups excluding carboxylic acids is 1. The molecule has 1 N–H and O–H groups in total. The van der Waals surface area contributed by atoms with Crippen LogP contribution in [-0.4, -0.2) is 31.1 Å². The third kappa shape index (κ3) is 5.11. The summed E-state index contributed by atoms with van der Waals surface area (Å²) in [4.78, 5) is 14.2. The van der Waals surface area contributed by atoms with Crippen LogP contribution in [-0.2, 0) is 0 Å². The molecule has 1 aromatic rings. The molecule has 20 heavy (non-hydrogen) atoms. The standard InChI is InChI=1S/C16H26N2O2/c1-4-6-12-18(13-7-5-2)16(19)17-14-10-8-9-11-15(14)20-3/h8-11H,4-7,12-13H2,1-3H3,(H,17,19). The van der Waals surface area contributed by atoms with Crippen LogP contribution in [0.3, 0.4) is 0 Å². The predicted molar refractivity (Wildman–Crippen MR) is 83.4 cm³/mol. The second kappa shape index (κ2) is 9.23.